The quantitative estimate of drug-likeness (QED) is 0.710. The summed E-state index contributed by atoms with van der Waals surface area (Å²) in [6.45, 7) is 4.48. The average molecular weight is 242 g/mol. The summed E-state index contributed by atoms with van der Waals surface area (Å²) >= 11 is 3.07. The standard InChI is InChI=1S/C9H14N4S2/c1-7(11-2)15-8(5-10)6-13-9-12-3-4-14-9/h3-5,11H,1,6,10H2,2H3,(H,12,13)/b8-5-. The van der Waals surface area contributed by atoms with Crippen LogP contribution in [0.25, 0.3) is 0 Å². The van der Waals surface area contributed by atoms with E-state index in [0.717, 1.165) is 15.1 Å². The molecule has 15 heavy (non-hydrogen) atoms. The molecular formula is C9H14N4S2. The van der Waals surface area contributed by atoms with Gasteiger partial charge in [-0.05, 0) is 0 Å². The van der Waals surface area contributed by atoms with Crippen LogP contribution in [-0.2, 0) is 0 Å². The van der Waals surface area contributed by atoms with E-state index in [1.165, 1.54) is 11.8 Å². The highest BCUT2D eigenvalue weighted by atomic mass is 32.2. The van der Waals surface area contributed by atoms with Crippen molar-refractivity contribution >= 4 is 28.2 Å². The molecule has 4 N–H and O–H groups in total. The molecule has 4 nitrogen and oxygen atoms in total. The zero-order valence-corrected chi connectivity index (χ0v) is 10.1. The number of nitrogens with one attached hydrogen (secondary N) is 2. The van der Waals surface area contributed by atoms with Crippen LogP contribution in [0.15, 0.2) is 34.3 Å². The van der Waals surface area contributed by atoms with Gasteiger partial charge in [-0.3, -0.25) is 0 Å². The minimum absolute atomic E-state index is 0.662. The van der Waals surface area contributed by atoms with Crippen LogP contribution in [0, 0.1) is 0 Å². The molecule has 0 amide bonds. The number of thioether (sulfide) groups is 1. The van der Waals surface area contributed by atoms with Crippen molar-refractivity contribution < 1.29 is 0 Å². The highest BCUT2D eigenvalue weighted by Crippen LogP contribution is 2.21. The molecule has 0 atom stereocenters. The van der Waals surface area contributed by atoms with Crippen molar-refractivity contribution in [2.75, 3.05) is 18.9 Å². The van der Waals surface area contributed by atoms with Crippen LogP contribution in [0.4, 0.5) is 5.13 Å². The molecule has 0 aliphatic carbocycles. The molecule has 0 saturated heterocycles. The maximum atomic E-state index is 5.51. The number of anilines is 1. The van der Waals surface area contributed by atoms with Gasteiger partial charge in [-0.1, -0.05) is 18.3 Å². The Hall–Kier alpha value is -1.14. The minimum Gasteiger partial charge on any atom is -0.404 e. The third-order valence-electron chi connectivity index (χ3n) is 1.57. The number of hydrogen-bond donors (Lipinski definition) is 3. The molecule has 82 valence electrons. The van der Waals surface area contributed by atoms with E-state index >= 15 is 0 Å². The largest absolute Gasteiger partial charge is 0.404 e. The smallest absolute Gasteiger partial charge is 0.182 e. The molecule has 0 unspecified atom stereocenters. The third kappa shape index (κ3) is 4.26. The van der Waals surface area contributed by atoms with Crippen molar-refractivity contribution in [2.45, 2.75) is 0 Å². The molecule has 0 bridgehead atoms. The fourth-order valence-corrected chi connectivity index (χ4v) is 1.97. The summed E-state index contributed by atoms with van der Waals surface area (Å²) < 4.78 is 0. The first-order valence-corrected chi connectivity index (χ1v) is 6.04. The Morgan fingerprint density at radius 1 is 1.80 bits per heavy atom. The Labute approximate surface area is 97.7 Å². The number of nitrogens with zero attached hydrogens (tertiary/aromatic N) is 1. The molecule has 0 aromatic carbocycles. The van der Waals surface area contributed by atoms with E-state index < -0.39 is 0 Å². The zero-order chi connectivity index (χ0) is 11.1. The molecule has 0 radical (unpaired) electrons. The van der Waals surface area contributed by atoms with Crippen LogP contribution in [0.2, 0.25) is 0 Å². The first kappa shape index (κ1) is 11.9. The van der Waals surface area contributed by atoms with E-state index in [9.17, 15) is 0 Å². The van der Waals surface area contributed by atoms with Crippen LogP contribution in [-0.4, -0.2) is 18.6 Å². The maximum absolute atomic E-state index is 5.51. The van der Waals surface area contributed by atoms with Crippen molar-refractivity contribution in [3.05, 3.63) is 34.3 Å². The second kappa shape index (κ2) is 6.36. The van der Waals surface area contributed by atoms with Crippen molar-refractivity contribution in [1.29, 1.82) is 0 Å². The van der Waals surface area contributed by atoms with Crippen molar-refractivity contribution in [3.63, 3.8) is 0 Å². The van der Waals surface area contributed by atoms with E-state index in [0.29, 0.717) is 6.54 Å². The lowest BCUT2D eigenvalue weighted by Gasteiger charge is -2.08. The lowest BCUT2D eigenvalue weighted by molar-refractivity contribution is 1.08. The SMILES string of the molecule is C=C(NC)S/C(=C\N)CNc1nccs1. The van der Waals surface area contributed by atoms with Gasteiger partial charge in [0, 0.05) is 29.7 Å². The molecule has 0 saturated carbocycles. The fraction of sp³-hybridized carbons (Fsp3) is 0.222. The first-order valence-electron chi connectivity index (χ1n) is 4.35. The van der Waals surface area contributed by atoms with Crippen LogP contribution in [0.3, 0.4) is 0 Å². The molecule has 0 aliphatic rings. The number of rotatable bonds is 6. The Morgan fingerprint density at radius 2 is 2.60 bits per heavy atom. The van der Waals surface area contributed by atoms with E-state index in [1.54, 1.807) is 23.7 Å². The van der Waals surface area contributed by atoms with Crippen LogP contribution in [0.5, 0.6) is 0 Å². The van der Waals surface area contributed by atoms with E-state index in [-0.39, 0.29) is 0 Å². The predicted molar refractivity (Wildman–Crippen MR) is 68.7 cm³/mol. The summed E-state index contributed by atoms with van der Waals surface area (Å²) in [7, 11) is 1.83. The van der Waals surface area contributed by atoms with Gasteiger partial charge < -0.3 is 16.4 Å². The molecular weight excluding hydrogens is 228 g/mol. The number of thiazole rings is 1. The molecule has 1 heterocycles. The Balaban J connectivity index is 2.38. The predicted octanol–water partition coefficient (Wildman–Crippen LogP) is 1.78. The van der Waals surface area contributed by atoms with Gasteiger partial charge in [-0.15, -0.1) is 11.3 Å². The summed E-state index contributed by atoms with van der Waals surface area (Å²) in [5.41, 5.74) is 5.51. The van der Waals surface area contributed by atoms with E-state index in [2.05, 4.69) is 22.2 Å². The van der Waals surface area contributed by atoms with E-state index in [4.69, 9.17) is 5.73 Å². The number of aromatic nitrogens is 1. The van der Waals surface area contributed by atoms with Gasteiger partial charge in [0.2, 0.25) is 0 Å². The Kier molecular flexibility index (Phi) is 5.06. The second-order valence-corrected chi connectivity index (χ2v) is 4.71. The summed E-state index contributed by atoms with van der Waals surface area (Å²) in [5.74, 6) is 0. The van der Waals surface area contributed by atoms with E-state index in [1.807, 2.05) is 12.4 Å². The molecule has 1 rings (SSSR count). The third-order valence-corrected chi connectivity index (χ3v) is 3.29. The summed E-state index contributed by atoms with van der Waals surface area (Å²) in [5, 5.41) is 9.81. The van der Waals surface area contributed by atoms with Crippen LogP contribution < -0.4 is 16.4 Å². The van der Waals surface area contributed by atoms with Crippen LogP contribution in [0.1, 0.15) is 0 Å². The van der Waals surface area contributed by atoms with Crippen molar-refractivity contribution in [2.24, 2.45) is 5.73 Å². The zero-order valence-electron chi connectivity index (χ0n) is 8.49. The van der Waals surface area contributed by atoms with Gasteiger partial charge in [-0.25, -0.2) is 4.98 Å². The summed E-state index contributed by atoms with van der Waals surface area (Å²) in [4.78, 5) is 5.12. The van der Waals surface area contributed by atoms with Gasteiger partial charge in [0.1, 0.15) is 0 Å². The molecule has 1 aromatic heterocycles. The number of nitrogens with two attached hydrogens (primary N) is 1. The summed E-state index contributed by atoms with van der Waals surface area (Å²) in [6, 6.07) is 0. The molecule has 0 fully saturated rings. The lowest BCUT2D eigenvalue weighted by atomic mass is 10.6. The molecule has 1 aromatic rings. The maximum Gasteiger partial charge on any atom is 0.182 e. The molecule has 0 aliphatic heterocycles. The minimum atomic E-state index is 0.662. The van der Waals surface area contributed by atoms with Gasteiger partial charge in [0.15, 0.2) is 5.13 Å². The van der Waals surface area contributed by atoms with Gasteiger partial charge in [-0.2, -0.15) is 0 Å². The first-order chi connectivity index (χ1) is 7.26. The average Bonchev–Trinajstić information content (AvgIpc) is 2.76. The lowest BCUT2D eigenvalue weighted by Crippen LogP contribution is -2.07. The van der Waals surface area contributed by atoms with Gasteiger partial charge in [0.25, 0.3) is 0 Å². The summed E-state index contributed by atoms with van der Waals surface area (Å²) in [6.07, 6.45) is 3.34. The Morgan fingerprint density at radius 3 is 3.13 bits per heavy atom. The van der Waals surface area contributed by atoms with Gasteiger partial charge in [0.05, 0.1) is 11.6 Å². The number of hydrogen-bond acceptors (Lipinski definition) is 6. The van der Waals surface area contributed by atoms with Crippen molar-refractivity contribution in [1.82, 2.24) is 10.3 Å². The Bertz CT molecular complexity index is 332. The second-order valence-electron chi connectivity index (χ2n) is 2.60. The van der Waals surface area contributed by atoms with Crippen LogP contribution >= 0.6 is 23.1 Å². The highest BCUT2D eigenvalue weighted by Gasteiger charge is 2.01. The topological polar surface area (TPSA) is 63.0 Å². The highest BCUT2D eigenvalue weighted by molar-refractivity contribution is 8.06. The van der Waals surface area contributed by atoms with Crippen molar-refractivity contribution in [3.8, 4) is 0 Å². The fourth-order valence-electron chi connectivity index (χ4n) is 0.812. The molecule has 6 heteroatoms. The molecule has 0 spiro atoms. The monoisotopic (exact) mass is 242 g/mol. The van der Waals surface area contributed by atoms with Gasteiger partial charge >= 0.3 is 0 Å². The normalized spacial score (nSPS) is 11.1.